The minimum Gasteiger partial charge on any atom is -0.459 e. The fourth-order valence-corrected chi connectivity index (χ4v) is 4.27. The Bertz CT molecular complexity index is 479. The molecule has 7 atom stereocenters. The van der Waals surface area contributed by atoms with Gasteiger partial charge in [0, 0.05) is 12.6 Å². The van der Waals surface area contributed by atoms with Crippen LogP contribution in [-0.4, -0.2) is 69.2 Å². The fourth-order valence-electron chi connectivity index (χ4n) is 4.27. The number of ether oxygens (including phenoxy) is 1. The number of aliphatic hydroxyl groups is 3. The topological polar surface area (TPSA) is 90.2 Å². The van der Waals surface area contributed by atoms with Gasteiger partial charge in [-0.15, -0.1) is 0 Å². The Morgan fingerprint density at radius 2 is 1.81 bits per heavy atom. The van der Waals surface area contributed by atoms with E-state index in [9.17, 15) is 20.1 Å². The van der Waals surface area contributed by atoms with E-state index in [4.69, 9.17) is 4.74 Å². The quantitative estimate of drug-likeness (QED) is 0.598. The highest BCUT2D eigenvalue weighted by atomic mass is 16.6. The second-order valence-corrected chi connectivity index (χ2v) is 9.28. The first-order valence-corrected chi connectivity index (χ1v) is 10.3. The van der Waals surface area contributed by atoms with E-state index >= 15 is 0 Å². The number of aliphatic hydroxyl groups excluding tert-OH is 1. The van der Waals surface area contributed by atoms with Crippen molar-refractivity contribution in [3.8, 4) is 0 Å². The molecule has 0 aromatic carbocycles. The molecule has 1 rings (SSSR count). The number of rotatable bonds is 1. The van der Waals surface area contributed by atoms with E-state index in [1.807, 2.05) is 39.6 Å². The van der Waals surface area contributed by atoms with Gasteiger partial charge in [0.25, 0.3) is 0 Å². The number of carbonyl (C=O) groups excluding carboxylic acids is 1. The van der Waals surface area contributed by atoms with Gasteiger partial charge in [0.2, 0.25) is 0 Å². The summed E-state index contributed by atoms with van der Waals surface area (Å²) in [7, 11) is 1.91. The van der Waals surface area contributed by atoms with E-state index in [1.165, 1.54) is 0 Å². The molecule has 1 saturated heterocycles. The summed E-state index contributed by atoms with van der Waals surface area (Å²) < 4.78 is 5.60. The van der Waals surface area contributed by atoms with Crippen LogP contribution in [0.15, 0.2) is 0 Å². The summed E-state index contributed by atoms with van der Waals surface area (Å²) in [5, 5.41) is 32.6. The van der Waals surface area contributed by atoms with Crippen LogP contribution >= 0.6 is 0 Å². The first-order valence-electron chi connectivity index (χ1n) is 10.3. The second kappa shape index (κ2) is 9.68. The summed E-state index contributed by atoms with van der Waals surface area (Å²) in [6, 6.07) is -0.331. The van der Waals surface area contributed by atoms with Crippen LogP contribution in [0.2, 0.25) is 0 Å². The molecule has 1 aliphatic heterocycles. The third-order valence-electron chi connectivity index (χ3n) is 6.17. The number of likely N-dealkylation sites (N-methyl/N-ethyl adjacent to an activating group) is 1. The van der Waals surface area contributed by atoms with E-state index in [0.717, 1.165) is 6.42 Å². The molecule has 0 bridgehead atoms. The maximum absolute atomic E-state index is 12.5. The highest BCUT2D eigenvalue weighted by Crippen LogP contribution is 2.29. The molecule has 6 heteroatoms. The Balaban J connectivity index is 3.12. The van der Waals surface area contributed by atoms with E-state index < -0.39 is 23.4 Å². The first-order chi connectivity index (χ1) is 12.3. The normalized spacial score (nSPS) is 44.2. The molecule has 0 aliphatic carbocycles. The maximum atomic E-state index is 12.5. The zero-order valence-electron chi connectivity index (χ0n) is 18.2. The van der Waals surface area contributed by atoms with Gasteiger partial charge in [-0.1, -0.05) is 20.8 Å². The Labute approximate surface area is 164 Å². The van der Waals surface area contributed by atoms with Gasteiger partial charge < -0.3 is 25.0 Å². The molecule has 0 unspecified atom stereocenters. The van der Waals surface area contributed by atoms with Crippen molar-refractivity contribution >= 4 is 5.97 Å². The lowest BCUT2D eigenvalue weighted by Gasteiger charge is -2.42. The lowest BCUT2D eigenvalue weighted by molar-refractivity contribution is -0.189. The molecule has 1 aliphatic rings. The highest BCUT2D eigenvalue weighted by Gasteiger charge is 2.44. The van der Waals surface area contributed by atoms with Crippen LogP contribution in [0.25, 0.3) is 0 Å². The molecule has 0 amide bonds. The molecule has 6 nitrogen and oxygen atoms in total. The summed E-state index contributed by atoms with van der Waals surface area (Å²) in [5.41, 5.74) is -2.34. The van der Waals surface area contributed by atoms with Crippen molar-refractivity contribution in [1.82, 2.24) is 4.90 Å². The Kier molecular flexibility index (Phi) is 8.73. The Hall–Kier alpha value is -0.690. The molecule has 0 aromatic rings. The van der Waals surface area contributed by atoms with E-state index in [1.54, 1.807) is 6.92 Å². The summed E-state index contributed by atoms with van der Waals surface area (Å²) in [6.07, 6.45) is 1.21. The summed E-state index contributed by atoms with van der Waals surface area (Å²) in [5.74, 6) is -0.448. The third kappa shape index (κ3) is 6.70. The van der Waals surface area contributed by atoms with Crippen molar-refractivity contribution in [2.45, 2.75) is 103 Å². The minimum absolute atomic E-state index is 0.229. The van der Waals surface area contributed by atoms with Crippen LogP contribution in [0.4, 0.5) is 0 Å². The molecule has 0 saturated carbocycles. The van der Waals surface area contributed by atoms with Gasteiger partial charge >= 0.3 is 5.97 Å². The number of hydrogen-bond donors (Lipinski definition) is 3. The number of carbonyl (C=O) groups is 1. The van der Waals surface area contributed by atoms with Crippen LogP contribution in [0.3, 0.4) is 0 Å². The number of nitrogens with zero attached hydrogens (tertiary/aromatic N) is 1. The van der Waals surface area contributed by atoms with Crippen LogP contribution in [0.5, 0.6) is 0 Å². The zero-order valence-corrected chi connectivity index (χ0v) is 18.2. The smallest absolute Gasteiger partial charge is 0.309 e. The van der Waals surface area contributed by atoms with Gasteiger partial charge in [-0.2, -0.15) is 0 Å². The number of hydrogen-bond acceptors (Lipinski definition) is 6. The van der Waals surface area contributed by atoms with Crippen LogP contribution < -0.4 is 0 Å². The molecular formula is C21H41NO5. The maximum Gasteiger partial charge on any atom is 0.309 e. The average molecular weight is 388 g/mol. The molecule has 1 heterocycles. The van der Waals surface area contributed by atoms with Crippen molar-refractivity contribution < 1.29 is 24.9 Å². The minimum atomic E-state index is -1.55. The first kappa shape index (κ1) is 24.3. The van der Waals surface area contributed by atoms with Crippen molar-refractivity contribution in [2.75, 3.05) is 13.6 Å². The van der Waals surface area contributed by atoms with Crippen molar-refractivity contribution in [2.24, 2.45) is 11.8 Å². The highest BCUT2D eigenvalue weighted by molar-refractivity contribution is 5.72. The molecular weight excluding hydrogens is 346 g/mol. The third-order valence-corrected chi connectivity index (χ3v) is 6.17. The lowest BCUT2D eigenvalue weighted by Crippen LogP contribution is -2.58. The van der Waals surface area contributed by atoms with Gasteiger partial charge in [0.1, 0.15) is 17.8 Å². The lowest BCUT2D eigenvalue weighted by atomic mass is 9.85. The predicted octanol–water partition coefficient (Wildman–Crippen LogP) is 2.34. The fraction of sp³-hybridized carbons (Fsp3) is 0.952. The van der Waals surface area contributed by atoms with Gasteiger partial charge in [-0.25, -0.2) is 0 Å². The van der Waals surface area contributed by atoms with Gasteiger partial charge in [0.15, 0.2) is 0 Å². The summed E-state index contributed by atoms with van der Waals surface area (Å²) in [4.78, 5) is 14.5. The van der Waals surface area contributed by atoms with E-state index in [0.29, 0.717) is 32.2 Å². The van der Waals surface area contributed by atoms with Gasteiger partial charge in [-0.05, 0) is 65.8 Å². The molecule has 1 fully saturated rings. The molecule has 3 N–H and O–H groups in total. The predicted molar refractivity (Wildman–Crippen MR) is 106 cm³/mol. The number of cyclic esters (lactones) is 1. The van der Waals surface area contributed by atoms with Crippen molar-refractivity contribution in [3.05, 3.63) is 0 Å². The number of esters is 1. The van der Waals surface area contributed by atoms with E-state index in [-0.39, 0.29) is 23.8 Å². The average Bonchev–Trinajstić information content (AvgIpc) is 2.55. The summed E-state index contributed by atoms with van der Waals surface area (Å²) in [6.45, 7) is 11.7. The largest absolute Gasteiger partial charge is 0.459 e. The monoisotopic (exact) mass is 387 g/mol. The molecule has 0 radical (unpaired) electrons. The zero-order chi connectivity index (χ0) is 21.0. The molecule has 27 heavy (non-hydrogen) atoms. The van der Waals surface area contributed by atoms with Crippen molar-refractivity contribution in [3.63, 3.8) is 0 Å². The Morgan fingerprint density at radius 1 is 1.22 bits per heavy atom. The van der Waals surface area contributed by atoms with Gasteiger partial charge in [0.05, 0.1) is 11.5 Å². The SMILES string of the molecule is CC[C@H]1OC(=O)[C@H](C)CCC[C@](C)(O)C[C@@H](C)CN(C)[C@H](C)[C@@H](O)[C@]1(C)O. The standard InChI is InChI=1S/C21H41NO5/c1-8-17-21(6,26)18(23)16(4)22(7)13-14(2)12-20(5,25)11-9-10-15(3)19(24)27-17/h14-18,23,25-26H,8-13H2,1-7H3/t14-,15-,16-,17-,18-,20+,21-/m1/s1. The van der Waals surface area contributed by atoms with Crippen LogP contribution in [0, 0.1) is 11.8 Å². The van der Waals surface area contributed by atoms with Crippen molar-refractivity contribution in [1.29, 1.82) is 0 Å². The van der Waals surface area contributed by atoms with E-state index in [2.05, 4.69) is 6.92 Å². The summed E-state index contributed by atoms with van der Waals surface area (Å²) >= 11 is 0. The Morgan fingerprint density at radius 3 is 2.37 bits per heavy atom. The molecule has 0 spiro atoms. The van der Waals surface area contributed by atoms with Gasteiger partial charge in [-0.3, -0.25) is 4.79 Å². The van der Waals surface area contributed by atoms with Crippen LogP contribution in [-0.2, 0) is 9.53 Å². The van der Waals surface area contributed by atoms with Crippen LogP contribution in [0.1, 0.15) is 73.6 Å². The molecule has 0 aromatic heterocycles. The second-order valence-electron chi connectivity index (χ2n) is 9.28. The molecule has 160 valence electrons.